The molecule has 1 aromatic carbocycles. The summed E-state index contributed by atoms with van der Waals surface area (Å²) in [5.74, 6) is -5.71. The number of aliphatic hydroxyl groups excluding tert-OH is 2. The van der Waals surface area contributed by atoms with E-state index < -0.39 is 58.0 Å². The summed E-state index contributed by atoms with van der Waals surface area (Å²) in [4.78, 5) is 40.9. The molecule has 4 atom stereocenters. The maximum Gasteiger partial charge on any atom is 0.255 e. The summed E-state index contributed by atoms with van der Waals surface area (Å²) in [6, 6.07) is 2.23. The summed E-state index contributed by atoms with van der Waals surface area (Å²) >= 11 is 0. The standard InChI is InChI=1S/C32H36N2O7/c1-34(2)26-21-14-18-13-20-19(17-8-7-16(12-17)11-15-5-3-4-6-15)9-10-22(35)24(20)27(36)23(18)29(38)32(21,41)30(39)25(28(26)37)31(33)40/h7-10,15,18,21,26,35-36,39,41H,3-6,11-14H2,1-2H3,(H2,33,40)/t18-,21-,26?,32-/m1/s1. The lowest BCUT2D eigenvalue weighted by Gasteiger charge is -2.50. The van der Waals surface area contributed by atoms with Crippen LogP contribution in [0.5, 0.6) is 5.75 Å². The minimum Gasteiger partial charge on any atom is -0.508 e. The molecule has 1 unspecified atom stereocenters. The van der Waals surface area contributed by atoms with Crippen LogP contribution in [0.15, 0.2) is 46.8 Å². The Labute approximate surface area is 238 Å². The lowest BCUT2D eigenvalue weighted by Crippen LogP contribution is -2.65. The molecule has 0 bridgehead atoms. The highest BCUT2D eigenvalue weighted by molar-refractivity contribution is 6.24. The van der Waals surface area contributed by atoms with E-state index in [2.05, 4.69) is 12.2 Å². The second kappa shape index (κ2) is 9.70. The number of carbonyl (C=O) groups is 3. The molecule has 5 aliphatic carbocycles. The van der Waals surface area contributed by atoms with E-state index in [0.29, 0.717) is 11.5 Å². The largest absolute Gasteiger partial charge is 0.508 e. The van der Waals surface area contributed by atoms with Gasteiger partial charge in [0.25, 0.3) is 5.91 Å². The Morgan fingerprint density at radius 3 is 2.46 bits per heavy atom. The number of aliphatic hydroxyl groups is 3. The first-order chi connectivity index (χ1) is 19.4. The number of allylic oxidation sites excluding steroid dienone is 4. The minimum absolute atomic E-state index is 0.0745. The number of ketones is 2. The number of benzene rings is 1. The van der Waals surface area contributed by atoms with E-state index in [1.807, 2.05) is 6.07 Å². The molecule has 1 aromatic rings. The Bertz CT molecular complexity index is 1510. The summed E-state index contributed by atoms with van der Waals surface area (Å²) in [6.45, 7) is 0. The van der Waals surface area contributed by atoms with Gasteiger partial charge in [0.15, 0.2) is 11.4 Å². The van der Waals surface area contributed by atoms with E-state index in [0.717, 1.165) is 24.0 Å². The third kappa shape index (κ3) is 4.00. The molecule has 216 valence electrons. The predicted octanol–water partition coefficient (Wildman–Crippen LogP) is 3.26. The number of Topliss-reactive ketones (excluding diaryl/α,β-unsaturated/α-hetero) is 2. The van der Waals surface area contributed by atoms with Crippen LogP contribution in [0.1, 0.15) is 61.6 Å². The molecule has 2 saturated carbocycles. The van der Waals surface area contributed by atoms with Crippen molar-refractivity contribution in [2.24, 2.45) is 23.5 Å². The molecule has 1 amide bonds. The third-order valence-electron chi connectivity index (χ3n) is 9.91. The zero-order valence-corrected chi connectivity index (χ0v) is 23.3. The monoisotopic (exact) mass is 560 g/mol. The van der Waals surface area contributed by atoms with Crippen molar-refractivity contribution >= 4 is 28.8 Å². The molecule has 0 spiro atoms. The van der Waals surface area contributed by atoms with E-state index in [1.54, 1.807) is 14.1 Å². The fraction of sp³-hybridized carbons (Fsp3) is 0.469. The number of primary amides is 1. The van der Waals surface area contributed by atoms with Gasteiger partial charge in [-0.2, -0.15) is 0 Å². The molecular weight excluding hydrogens is 524 g/mol. The number of hydrogen-bond donors (Lipinski definition) is 5. The zero-order valence-electron chi connectivity index (χ0n) is 23.3. The molecule has 6 N–H and O–H groups in total. The third-order valence-corrected chi connectivity index (χ3v) is 9.91. The molecular formula is C32H36N2O7. The van der Waals surface area contributed by atoms with Crippen LogP contribution in [-0.2, 0) is 20.8 Å². The molecule has 0 saturated heterocycles. The smallest absolute Gasteiger partial charge is 0.255 e. The second-order valence-corrected chi connectivity index (χ2v) is 12.5. The predicted molar refractivity (Wildman–Crippen MR) is 151 cm³/mol. The number of nitrogens with zero attached hydrogens (tertiary/aromatic N) is 1. The van der Waals surface area contributed by atoms with Gasteiger partial charge < -0.3 is 26.2 Å². The molecule has 6 rings (SSSR count). The number of phenols is 1. The molecule has 0 aromatic heterocycles. The van der Waals surface area contributed by atoms with Gasteiger partial charge in [-0.05, 0) is 74.4 Å². The summed E-state index contributed by atoms with van der Waals surface area (Å²) in [7, 11) is 3.18. The van der Waals surface area contributed by atoms with E-state index in [9.17, 15) is 34.8 Å². The number of amides is 1. The van der Waals surface area contributed by atoms with Gasteiger partial charge in [0.1, 0.15) is 22.8 Å². The van der Waals surface area contributed by atoms with Gasteiger partial charge in [-0.15, -0.1) is 0 Å². The Hall–Kier alpha value is -3.69. The highest BCUT2D eigenvalue weighted by Crippen LogP contribution is 2.53. The first kappa shape index (κ1) is 27.5. The van der Waals surface area contributed by atoms with Crippen molar-refractivity contribution in [3.63, 3.8) is 0 Å². The summed E-state index contributed by atoms with van der Waals surface area (Å²) in [5.41, 5.74) is 5.97. The number of carbonyl (C=O) groups excluding carboxylic acids is 3. The lowest BCUT2D eigenvalue weighted by molar-refractivity contribution is -0.153. The van der Waals surface area contributed by atoms with Crippen molar-refractivity contribution in [3.05, 3.63) is 63.5 Å². The summed E-state index contributed by atoms with van der Waals surface area (Å²) in [6.07, 6.45) is 11.5. The number of aromatic hydroxyl groups is 1. The molecule has 9 heteroatoms. The molecule has 0 heterocycles. The van der Waals surface area contributed by atoms with Crippen LogP contribution in [0.3, 0.4) is 0 Å². The number of fused-ring (bicyclic) bond motifs is 3. The Kier molecular flexibility index (Phi) is 6.50. The average molecular weight is 561 g/mol. The van der Waals surface area contributed by atoms with E-state index >= 15 is 0 Å². The van der Waals surface area contributed by atoms with Crippen LogP contribution >= 0.6 is 0 Å². The zero-order chi connectivity index (χ0) is 29.4. The number of likely N-dealkylation sites (N-methyl/N-ethyl adjacent to an activating group) is 1. The van der Waals surface area contributed by atoms with E-state index in [-0.39, 0.29) is 29.7 Å². The Morgan fingerprint density at radius 2 is 1.80 bits per heavy atom. The average Bonchev–Trinajstić information content (AvgIpc) is 3.59. The highest BCUT2D eigenvalue weighted by atomic mass is 16.3. The number of nitrogens with two attached hydrogens (primary N) is 1. The van der Waals surface area contributed by atoms with Crippen LogP contribution in [-0.4, -0.2) is 68.5 Å². The van der Waals surface area contributed by atoms with Crippen LogP contribution in [0.25, 0.3) is 11.3 Å². The van der Waals surface area contributed by atoms with Crippen LogP contribution in [0.2, 0.25) is 0 Å². The maximum absolute atomic E-state index is 14.0. The normalized spacial score (nSPS) is 29.9. The molecule has 2 fully saturated rings. The van der Waals surface area contributed by atoms with Crippen LogP contribution < -0.4 is 5.73 Å². The lowest BCUT2D eigenvalue weighted by atomic mass is 9.57. The van der Waals surface area contributed by atoms with Gasteiger partial charge in [0, 0.05) is 11.5 Å². The summed E-state index contributed by atoms with van der Waals surface area (Å²) in [5, 5.41) is 45.1. The van der Waals surface area contributed by atoms with Gasteiger partial charge in [-0.1, -0.05) is 49.5 Å². The highest BCUT2D eigenvalue weighted by Gasteiger charge is 2.64. The first-order valence-corrected chi connectivity index (χ1v) is 14.3. The Balaban J connectivity index is 1.42. The quantitative estimate of drug-likeness (QED) is 0.343. The second-order valence-electron chi connectivity index (χ2n) is 12.5. The molecule has 0 radical (unpaired) electrons. The van der Waals surface area contributed by atoms with E-state index in [1.165, 1.54) is 42.2 Å². The fourth-order valence-corrected chi connectivity index (χ4v) is 8.04. The van der Waals surface area contributed by atoms with Crippen molar-refractivity contribution in [2.45, 2.75) is 63.0 Å². The SMILES string of the molecule is CN(C)C1C(=O)C(C(N)=O)=C(O)[C@]2(O)C(=O)C3=C(O)c4c(O)ccc(C5=CC=C(CC6CCCC6)C5)c4C[C@@H]3C[C@H]12. The van der Waals surface area contributed by atoms with Gasteiger partial charge in [0.05, 0.1) is 11.6 Å². The molecule has 0 aliphatic heterocycles. The van der Waals surface area contributed by atoms with Crippen molar-refractivity contribution in [1.82, 2.24) is 4.90 Å². The Morgan fingerprint density at radius 1 is 1.10 bits per heavy atom. The van der Waals surface area contributed by atoms with Gasteiger partial charge in [-0.3, -0.25) is 19.3 Å². The summed E-state index contributed by atoms with van der Waals surface area (Å²) < 4.78 is 0. The van der Waals surface area contributed by atoms with Gasteiger partial charge in [-0.25, -0.2) is 0 Å². The molecule has 41 heavy (non-hydrogen) atoms. The number of phenolic OH excluding ortho intramolecular Hbond substituents is 1. The minimum atomic E-state index is -2.63. The molecule has 9 nitrogen and oxygen atoms in total. The van der Waals surface area contributed by atoms with Crippen molar-refractivity contribution < 1.29 is 34.8 Å². The van der Waals surface area contributed by atoms with Crippen molar-refractivity contribution in [2.75, 3.05) is 14.1 Å². The van der Waals surface area contributed by atoms with Gasteiger partial charge in [0.2, 0.25) is 5.78 Å². The molecule has 5 aliphatic rings. The fourth-order valence-electron chi connectivity index (χ4n) is 8.04. The van der Waals surface area contributed by atoms with E-state index in [4.69, 9.17) is 5.73 Å². The van der Waals surface area contributed by atoms with Gasteiger partial charge >= 0.3 is 0 Å². The van der Waals surface area contributed by atoms with Crippen LogP contribution in [0, 0.1) is 17.8 Å². The first-order valence-electron chi connectivity index (χ1n) is 14.3. The number of rotatable bonds is 5. The number of hydrogen-bond acceptors (Lipinski definition) is 8. The topological polar surface area (TPSA) is 161 Å². The van der Waals surface area contributed by atoms with Crippen molar-refractivity contribution in [1.29, 1.82) is 0 Å². The van der Waals surface area contributed by atoms with Crippen LogP contribution in [0.4, 0.5) is 0 Å². The maximum atomic E-state index is 14.0. The van der Waals surface area contributed by atoms with Crippen molar-refractivity contribution in [3.8, 4) is 5.75 Å².